The third-order valence-corrected chi connectivity index (χ3v) is 3.42. The predicted molar refractivity (Wildman–Crippen MR) is 92.5 cm³/mol. The summed E-state index contributed by atoms with van der Waals surface area (Å²) in [6, 6.07) is 7.69. The van der Waals surface area contributed by atoms with Crippen LogP contribution in [0.5, 0.6) is 5.75 Å². The smallest absolute Gasteiger partial charge is 0.406 e. The van der Waals surface area contributed by atoms with Crippen LogP contribution in [-0.4, -0.2) is 16.3 Å². The van der Waals surface area contributed by atoms with Crippen LogP contribution >= 0.6 is 0 Å². The summed E-state index contributed by atoms with van der Waals surface area (Å²) in [6.07, 6.45) is -3.67. The normalized spacial score (nSPS) is 11.2. The van der Waals surface area contributed by atoms with Crippen molar-refractivity contribution in [2.75, 3.05) is 16.4 Å². The Kier molecular flexibility index (Phi) is 5.16. The van der Waals surface area contributed by atoms with Gasteiger partial charge in [0.05, 0.1) is 5.69 Å². The van der Waals surface area contributed by atoms with Gasteiger partial charge >= 0.3 is 6.36 Å². The minimum atomic E-state index is -4.79. The van der Waals surface area contributed by atoms with Crippen molar-refractivity contribution < 1.29 is 26.7 Å². The molecule has 6 nitrogen and oxygen atoms in total. The maximum atomic E-state index is 13.8. The summed E-state index contributed by atoms with van der Waals surface area (Å²) in [5, 5.41) is 5.36. The van der Waals surface area contributed by atoms with Crippen molar-refractivity contribution in [2.45, 2.75) is 6.36 Å². The molecule has 0 saturated heterocycles. The van der Waals surface area contributed by atoms with Crippen molar-refractivity contribution in [1.82, 2.24) is 9.97 Å². The van der Waals surface area contributed by atoms with Crippen LogP contribution in [0.15, 0.2) is 48.8 Å². The SMILES string of the molecule is Nc1c(Nc2ccc(OC(F)(F)F)cc2)ncnc1Nc1cc(F)ccc1F. The minimum Gasteiger partial charge on any atom is -0.406 e. The molecular weight excluding hydrogens is 385 g/mol. The van der Waals surface area contributed by atoms with Gasteiger partial charge in [-0.3, -0.25) is 0 Å². The van der Waals surface area contributed by atoms with E-state index in [4.69, 9.17) is 5.73 Å². The number of halogens is 5. The largest absolute Gasteiger partial charge is 0.573 e. The van der Waals surface area contributed by atoms with E-state index in [0.717, 1.165) is 36.7 Å². The zero-order valence-corrected chi connectivity index (χ0v) is 13.9. The monoisotopic (exact) mass is 397 g/mol. The highest BCUT2D eigenvalue weighted by molar-refractivity contribution is 5.80. The topological polar surface area (TPSA) is 85.1 Å². The van der Waals surface area contributed by atoms with Crippen molar-refractivity contribution in [3.63, 3.8) is 0 Å². The first-order valence-electron chi connectivity index (χ1n) is 7.66. The molecule has 3 aromatic rings. The molecule has 28 heavy (non-hydrogen) atoms. The Morgan fingerprint density at radius 3 is 2.18 bits per heavy atom. The fraction of sp³-hybridized carbons (Fsp3) is 0.0588. The molecule has 0 saturated carbocycles. The van der Waals surface area contributed by atoms with Crippen LogP contribution in [0.2, 0.25) is 0 Å². The van der Waals surface area contributed by atoms with Gasteiger partial charge in [0.2, 0.25) is 0 Å². The van der Waals surface area contributed by atoms with E-state index in [0.29, 0.717) is 5.69 Å². The molecule has 0 atom stereocenters. The highest BCUT2D eigenvalue weighted by atomic mass is 19.4. The zero-order valence-electron chi connectivity index (χ0n) is 13.9. The van der Waals surface area contributed by atoms with E-state index in [1.807, 2.05) is 0 Å². The standard InChI is InChI=1S/C17H12F5N5O/c18-9-1-6-12(19)13(7-9)27-16-14(23)15(24-8-25-16)26-10-2-4-11(5-3-10)28-17(20,21)22/h1-8H,23H2,(H2,24,25,26,27). The number of benzene rings is 2. The lowest BCUT2D eigenvalue weighted by Gasteiger charge is -2.13. The van der Waals surface area contributed by atoms with Crippen LogP contribution in [0.3, 0.4) is 0 Å². The molecule has 2 aromatic carbocycles. The first kappa shape index (κ1) is 19.1. The summed E-state index contributed by atoms with van der Waals surface area (Å²) < 4.78 is 67.4. The average molecular weight is 397 g/mol. The van der Waals surface area contributed by atoms with E-state index in [2.05, 4.69) is 25.3 Å². The number of anilines is 5. The Bertz CT molecular complexity index is 979. The minimum absolute atomic E-state index is 0.0122. The molecule has 146 valence electrons. The first-order chi connectivity index (χ1) is 13.2. The summed E-state index contributed by atoms with van der Waals surface area (Å²) in [4.78, 5) is 7.81. The molecule has 11 heteroatoms. The molecule has 0 spiro atoms. The summed E-state index contributed by atoms with van der Waals surface area (Å²) in [5.41, 5.74) is 6.12. The van der Waals surface area contributed by atoms with Crippen LogP contribution in [0.25, 0.3) is 0 Å². The number of hydrogen-bond donors (Lipinski definition) is 3. The van der Waals surface area contributed by atoms with E-state index in [-0.39, 0.29) is 23.0 Å². The van der Waals surface area contributed by atoms with E-state index >= 15 is 0 Å². The van der Waals surface area contributed by atoms with E-state index in [9.17, 15) is 22.0 Å². The van der Waals surface area contributed by atoms with E-state index < -0.39 is 23.7 Å². The molecule has 4 N–H and O–H groups in total. The van der Waals surface area contributed by atoms with Crippen molar-refractivity contribution in [3.8, 4) is 5.75 Å². The van der Waals surface area contributed by atoms with Crippen molar-refractivity contribution in [3.05, 3.63) is 60.4 Å². The second kappa shape index (κ2) is 7.55. The summed E-state index contributed by atoms with van der Waals surface area (Å²) in [6.45, 7) is 0. The van der Waals surface area contributed by atoms with Gasteiger partial charge in [-0.15, -0.1) is 13.2 Å². The van der Waals surface area contributed by atoms with Gasteiger partial charge < -0.3 is 21.1 Å². The highest BCUT2D eigenvalue weighted by Crippen LogP contribution is 2.30. The molecule has 0 unspecified atom stereocenters. The quantitative estimate of drug-likeness (QED) is 0.540. The lowest BCUT2D eigenvalue weighted by Crippen LogP contribution is -2.17. The fourth-order valence-corrected chi connectivity index (χ4v) is 2.19. The lowest BCUT2D eigenvalue weighted by molar-refractivity contribution is -0.274. The van der Waals surface area contributed by atoms with E-state index in [1.54, 1.807) is 0 Å². The van der Waals surface area contributed by atoms with Gasteiger partial charge in [0.15, 0.2) is 11.6 Å². The van der Waals surface area contributed by atoms with Crippen LogP contribution in [0.1, 0.15) is 0 Å². The molecule has 3 rings (SSSR count). The molecule has 0 bridgehead atoms. The number of alkyl halides is 3. The first-order valence-corrected chi connectivity index (χ1v) is 7.66. The van der Waals surface area contributed by atoms with Crippen molar-refractivity contribution in [1.29, 1.82) is 0 Å². The third-order valence-electron chi connectivity index (χ3n) is 3.42. The van der Waals surface area contributed by atoms with Crippen LogP contribution < -0.4 is 21.1 Å². The summed E-state index contributed by atoms with van der Waals surface area (Å²) in [7, 11) is 0. The Balaban J connectivity index is 1.78. The molecule has 0 aliphatic heterocycles. The number of nitrogens with one attached hydrogen (secondary N) is 2. The summed E-state index contributed by atoms with van der Waals surface area (Å²) in [5.74, 6) is -1.64. The third kappa shape index (κ3) is 4.75. The van der Waals surface area contributed by atoms with Crippen molar-refractivity contribution >= 4 is 28.7 Å². The maximum absolute atomic E-state index is 13.8. The van der Waals surface area contributed by atoms with E-state index in [1.165, 1.54) is 12.1 Å². The van der Waals surface area contributed by atoms with Crippen molar-refractivity contribution in [2.24, 2.45) is 0 Å². The van der Waals surface area contributed by atoms with Crippen LogP contribution in [-0.2, 0) is 0 Å². The number of aromatic nitrogens is 2. The van der Waals surface area contributed by atoms with Gasteiger partial charge in [-0.2, -0.15) is 0 Å². The fourth-order valence-electron chi connectivity index (χ4n) is 2.19. The van der Waals surface area contributed by atoms with Crippen LogP contribution in [0, 0.1) is 11.6 Å². The average Bonchev–Trinajstić information content (AvgIpc) is 2.62. The van der Waals surface area contributed by atoms with Gasteiger partial charge in [-0.05, 0) is 36.4 Å². The zero-order chi connectivity index (χ0) is 20.3. The number of nitrogens with zero attached hydrogens (tertiary/aromatic N) is 2. The number of nitrogens with two attached hydrogens (primary N) is 1. The maximum Gasteiger partial charge on any atom is 0.573 e. The van der Waals surface area contributed by atoms with Crippen LogP contribution in [0.4, 0.5) is 50.6 Å². The Labute approximate surface area is 155 Å². The number of ether oxygens (including phenoxy) is 1. The Morgan fingerprint density at radius 1 is 0.893 bits per heavy atom. The summed E-state index contributed by atoms with van der Waals surface area (Å²) >= 11 is 0. The number of rotatable bonds is 5. The molecule has 1 heterocycles. The van der Waals surface area contributed by atoms with Gasteiger partial charge in [-0.25, -0.2) is 18.7 Å². The second-order valence-electron chi connectivity index (χ2n) is 5.43. The molecule has 0 fully saturated rings. The molecule has 0 aliphatic rings. The van der Waals surface area contributed by atoms with Gasteiger partial charge in [0.1, 0.15) is 29.4 Å². The molecule has 0 radical (unpaired) electrons. The molecule has 1 aromatic heterocycles. The Hall–Kier alpha value is -3.63. The second-order valence-corrected chi connectivity index (χ2v) is 5.43. The number of nitrogen functional groups attached to an aromatic ring is 1. The van der Waals surface area contributed by atoms with Gasteiger partial charge in [0.25, 0.3) is 0 Å². The molecule has 0 amide bonds. The van der Waals surface area contributed by atoms with Gasteiger partial charge in [0, 0.05) is 11.8 Å². The van der Waals surface area contributed by atoms with Gasteiger partial charge in [-0.1, -0.05) is 0 Å². The number of hydrogen-bond acceptors (Lipinski definition) is 6. The predicted octanol–water partition coefficient (Wildman–Crippen LogP) is 4.72. The Morgan fingerprint density at radius 2 is 1.54 bits per heavy atom. The molecule has 0 aliphatic carbocycles. The highest BCUT2D eigenvalue weighted by Gasteiger charge is 2.30. The molecular formula is C17H12F5N5O. The lowest BCUT2D eigenvalue weighted by atomic mass is 10.2.